The third kappa shape index (κ3) is 1.49. The number of aromatic nitrogens is 2. The fourth-order valence-electron chi connectivity index (χ4n) is 2.14. The number of nitrogens with zero attached hydrogens (tertiary/aromatic N) is 2. The summed E-state index contributed by atoms with van der Waals surface area (Å²) in [4.78, 5) is 5.56. The number of hydrogen-bond acceptors (Lipinski definition) is 3. The van der Waals surface area contributed by atoms with Gasteiger partial charge in [-0.05, 0) is 23.8 Å². The monoisotopic (exact) mass is 252 g/mol. The molecule has 18 heavy (non-hydrogen) atoms. The van der Waals surface area contributed by atoms with Gasteiger partial charge in [-0.3, -0.25) is 0 Å². The first-order valence-electron chi connectivity index (χ1n) is 5.77. The van der Waals surface area contributed by atoms with Gasteiger partial charge in [-0.1, -0.05) is 23.9 Å². The van der Waals surface area contributed by atoms with Gasteiger partial charge in [0.2, 0.25) is 0 Å². The van der Waals surface area contributed by atoms with Gasteiger partial charge in [0.15, 0.2) is 0 Å². The van der Waals surface area contributed by atoms with Crippen molar-refractivity contribution in [2.24, 2.45) is 0 Å². The Morgan fingerprint density at radius 3 is 3.11 bits per heavy atom. The lowest BCUT2D eigenvalue weighted by molar-refractivity contribution is 1.09. The predicted molar refractivity (Wildman–Crippen MR) is 72.7 cm³/mol. The summed E-state index contributed by atoms with van der Waals surface area (Å²) in [7, 11) is 0. The van der Waals surface area contributed by atoms with E-state index in [-0.39, 0.29) is 5.37 Å². The Morgan fingerprint density at radius 2 is 2.17 bits per heavy atom. The second-order valence-electron chi connectivity index (χ2n) is 4.19. The minimum absolute atomic E-state index is 0.226. The van der Waals surface area contributed by atoms with Crippen LogP contribution in [-0.2, 0) is 0 Å². The van der Waals surface area contributed by atoms with Crippen LogP contribution < -0.4 is 5.32 Å². The van der Waals surface area contributed by atoms with Crippen molar-refractivity contribution in [3.05, 3.63) is 60.6 Å². The molecule has 1 aliphatic rings. The Labute approximate surface area is 109 Å². The summed E-state index contributed by atoms with van der Waals surface area (Å²) >= 11 is 1.82. The van der Waals surface area contributed by atoms with Gasteiger partial charge in [-0.15, -0.1) is 0 Å². The number of pyridine rings is 1. The van der Waals surface area contributed by atoms with E-state index in [1.54, 1.807) is 6.20 Å². The number of fused-ring (bicyclic) bond motifs is 2. The van der Waals surface area contributed by atoms with Gasteiger partial charge >= 0.3 is 0 Å². The summed E-state index contributed by atoms with van der Waals surface area (Å²) in [5, 5.41) is 3.73. The van der Waals surface area contributed by atoms with Gasteiger partial charge in [0.25, 0.3) is 0 Å². The number of hydrogen-bond donors (Lipinski definition) is 1. The number of imidazole rings is 1. The molecular weight excluding hydrogens is 242 g/mol. The molecule has 1 radical (unpaired) electrons. The summed E-state index contributed by atoms with van der Waals surface area (Å²) in [6, 6.07) is 13.8. The Bertz CT molecular complexity index is 695. The average molecular weight is 252 g/mol. The molecule has 3 heterocycles. The van der Waals surface area contributed by atoms with Crippen molar-refractivity contribution >= 4 is 23.1 Å². The lowest BCUT2D eigenvalue weighted by atomic mass is 10.2. The van der Waals surface area contributed by atoms with Gasteiger partial charge in [0.05, 0.1) is 0 Å². The van der Waals surface area contributed by atoms with Crippen molar-refractivity contribution in [1.82, 2.24) is 9.38 Å². The largest absolute Gasteiger partial charge is 0.368 e. The Hall–Kier alpha value is -1.94. The summed E-state index contributed by atoms with van der Waals surface area (Å²) in [5.74, 6) is 0. The van der Waals surface area contributed by atoms with E-state index in [9.17, 15) is 0 Å². The predicted octanol–water partition coefficient (Wildman–Crippen LogP) is 3.35. The Balaban J connectivity index is 1.73. The van der Waals surface area contributed by atoms with Crippen LogP contribution in [0.15, 0.2) is 53.8 Å². The smallest absolute Gasteiger partial charge is 0.145 e. The van der Waals surface area contributed by atoms with Crippen molar-refractivity contribution in [2.75, 3.05) is 5.32 Å². The molecule has 0 amide bonds. The number of para-hydroxylation sites is 1. The molecule has 87 valence electrons. The molecule has 0 fully saturated rings. The van der Waals surface area contributed by atoms with Crippen LogP contribution in [0.1, 0.15) is 10.9 Å². The second kappa shape index (κ2) is 3.78. The molecule has 2 aromatic heterocycles. The lowest BCUT2D eigenvalue weighted by Gasteiger charge is -2.10. The summed E-state index contributed by atoms with van der Waals surface area (Å²) < 4.78 is 1.97. The van der Waals surface area contributed by atoms with Crippen molar-refractivity contribution in [3.63, 3.8) is 0 Å². The van der Waals surface area contributed by atoms with Gasteiger partial charge in [0.1, 0.15) is 11.0 Å². The highest BCUT2D eigenvalue weighted by Gasteiger charge is 2.22. The van der Waals surface area contributed by atoms with Crippen molar-refractivity contribution < 1.29 is 0 Å². The van der Waals surface area contributed by atoms with E-state index in [2.05, 4.69) is 46.7 Å². The van der Waals surface area contributed by atoms with E-state index in [4.69, 9.17) is 0 Å². The van der Waals surface area contributed by atoms with Crippen LogP contribution in [0.5, 0.6) is 0 Å². The third-order valence-corrected chi connectivity index (χ3v) is 4.26. The molecule has 3 nitrogen and oxygen atoms in total. The molecule has 0 bridgehead atoms. The minimum Gasteiger partial charge on any atom is -0.368 e. The molecular formula is C14H10N3S. The summed E-state index contributed by atoms with van der Waals surface area (Å²) in [6.07, 6.45) is 5.75. The van der Waals surface area contributed by atoms with Crippen LogP contribution in [0.2, 0.25) is 0 Å². The number of benzene rings is 1. The van der Waals surface area contributed by atoms with Crippen molar-refractivity contribution in [3.8, 4) is 0 Å². The van der Waals surface area contributed by atoms with Gasteiger partial charge < -0.3 is 9.72 Å². The third-order valence-electron chi connectivity index (χ3n) is 3.04. The van der Waals surface area contributed by atoms with Gasteiger partial charge in [-0.2, -0.15) is 0 Å². The topological polar surface area (TPSA) is 29.3 Å². The number of rotatable bonds is 1. The van der Waals surface area contributed by atoms with Crippen LogP contribution in [0.25, 0.3) is 5.65 Å². The Kier molecular flexibility index (Phi) is 2.11. The van der Waals surface area contributed by atoms with E-state index in [1.807, 2.05) is 28.6 Å². The molecule has 3 aromatic rings. The highest BCUT2D eigenvalue weighted by molar-refractivity contribution is 8.00. The molecule has 0 saturated carbocycles. The fraction of sp³-hybridized carbons (Fsp3) is 0.0714. The van der Waals surface area contributed by atoms with Crippen molar-refractivity contribution in [1.29, 1.82) is 0 Å². The Morgan fingerprint density at radius 1 is 1.22 bits per heavy atom. The van der Waals surface area contributed by atoms with E-state index in [0.29, 0.717) is 0 Å². The molecule has 1 N–H and O–H groups in total. The highest BCUT2D eigenvalue weighted by Crippen LogP contribution is 2.45. The normalized spacial score (nSPS) is 17.7. The quantitative estimate of drug-likeness (QED) is 0.720. The van der Waals surface area contributed by atoms with E-state index in [0.717, 1.165) is 11.2 Å². The zero-order chi connectivity index (χ0) is 11.9. The highest BCUT2D eigenvalue weighted by atomic mass is 32.2. The first-order valence-corrected chi connectivity index (χ1v) is 6.65. The van der Waals surface area contributed by atoms with Crippen LogP contribution in [0.3, 0.4) is 0 Å². The minimum atomic E-state index is 0.226. The molecule has 4 heteroatoms. The van der Waals surface area contributed by atoms with Crippen LogP contribution in [0.4, 0.5) is 5.69 Å². The first kappa shape index (κ1) is 10.0. The zero-order valence-electron chi connectivity index (χ0n) is 9.50. The number of nitrogens with one attached hydrogen (secondary N) is 1. The van der Waals surface area contributed by atoms with Crippen LogP contribution >= 0.6 is 11.8 Å². The fourth-order valence-corrected chi connectivity index (χ4v) is 3.26. The van der Waals surface area contributed by atoms with Gasteiger partial charge in [-0.25, -0.2) is 4.98 Å². The summed E-state index contributed by atoms with van der Waals surface area (Å²) in [5.41, 5.74) is 3.20. The lowest BCUT2D eigenvalue weighted by Crippen LogP contribution is -2.02. The van der Waals surface area contributed by atoms with Crippen molar-refractivity contribution in [2.45, 2.75) is 10.3 Å². The molecule has 0 saturated heterocycles. The SMILES string of the molecule is [c]1c(C2Nc3ccccc3S2)ccn2ccnc12. The number of thioether (sulfide) groups is 1. The molecule has 4 rings (SSSR count). The number of anilines is 1. The maximum atomic E-state index is 4.27. The molecule has 1 aliphatic heterocycles. The molecule has 1 atom stereocenters. The van der Waals surface area contributed by atoms with Crippen LogP contribution in [-0.4, -0.2) is 9.38 Å². The van der Waals surface area contributed by atoms with E-state index >= 15 is 0 Å². The van der Waals surface area contributed by atoms with E-state index < -0.39 is 0 Å². The molecule has 1 aromatic carbocycles. The van der Waals surface area contributed by atoms with E-state index in [1.165, 1.54) is 10.6 Å². The average Bonchev–Trinajstić information content (AvgIpc) is 3.04. The van der Waals surface area contributed by atoms with Crippen LogP contribution in [0, 0.1) is 6.07 Å². The second-order valence-corrected chi connectivity index (χ2v) is 5.34. The standard InChI is InChI=1S/C14H10N3S/c1-2-4-12-11(3-1)16-14(18-12)10-5-7-17-8-6-15-13(17)9-10/h1-8,14,16H. The zero-order valence-corrected chi connectivity index (χ0v) is 10.3. The summed E-state index contributed by atoms with van der Waals surface area (Å²) in [6.45, 7) is 0. The maximum absolute atomic E-state index is 4.27. The maximum Gasteiger partial charge on any atom is 0.145 e. The molecule has 1 unspecified atom stereocenters. The molecule has 0 spiro atoms. The molecule has 0 aliphatic carbocycles. The van der Waals surface area contributed by atoms with Gasteiger partial charge in [0, 0.05) is 35.2 Å². The first-order chi connectivity index (χ1) is 8.90.